The molecule has 1 aliphatic rings. The number of rotatable bonds is 3. The zero-order chi connectivity index (χ0) is 17.9. The van der Waals surface area contributed by atoms with E-state index in [2.05, 4.69) is 5.32 Å². The van der Waals surface area contributed by atoms with Crippen LogP contribution in [0.4, 0.5) is 13.6 Å². The quantitative estimate of drug-likeness (QED) is 0.909. The molecule has 0 aromatic heterocycles. The van der Waals surface area contributed by atoms with Gasteiger partial charge in [0.25, 0.3) is 0 Å². The van der Waals surface area contributed by atoms with Crippen molar-refractivity contribution in [3.63, 3.8) is 0 Å². The van der Waals surface area contributed by atoms with Gasteiger partial charge >= 0.3 is 6.09 Å². The fourth-order valence-corrected chi connectivity index (χ4v) is 2.90. The number of hydrogen-bond donors (Lipinski definition) is 1. The van der Waals surface area contributed by atoms with Gasteiger partial charge in [0.05, 0.1) is 0 Å². The van der Waals surface area contributed by atoms with Crippen LogP contribution in [0.25, 0.3) is 0 Å². The number of nitrogens with zero attached hydrogens (tertiary/aromatic N) is 1. The van der Waals surface area contributed by atoms with Crippen LogP contribution in [0.15, 0.2) is 18.2 Å². The zero-order valence-electron chi connectivity index (χ0n) is 14.7. The molecule has 1 heterocycles. The van der Waals surface area contributed by atoms with Crippen LogP contribution in [0, 0.1) is 11.6 Å². The van der Waals surface area contributed by atoms with E-state index < -0.39 is 17.2 Å². The molecule has 1 N–H and O–H groups in total. The summed E-state index contributed by atoms with van der Waals surface area (Å²) in [7, 11) is 0. The van der Waals surface area contributed by atoms with Gasteiger partial charge in [0.15, 0.2) is 0 Å². The van der Waals surface area contributed by atoms with E-state index in [9.17, 15) is 13.6 Å². The van der Waals surface area contributed by atoms with Crippen molar-refractivity contribution in [1.29, 1.82) is 0 Å². The summed E-state index contributed by atoms with van der Waals surface area (Å²) in [6.07, 6.45) is 1.13. The summed E-state index contributed by atoms with van der Waals surface area (Å²) >= 11 is 0. The molecule has 1 fully saturated rings. The van der Waals surface area contributed by atoms with Gasteiger partial charge in [-0.05, 0) is 52.7 Å². The zero-order valence-corrected chi connectivity index (χ0v) is 14.7. The van der Waals surface area contributed by atoms with Gasteiger partial charge in [0, 0.05) is 30.7 Å². The van der Waals surface area contributed by atoms with Gasteiger partial charge in [-0.3, -0.25) is 0 Å². The molecular formula is C18H26F2N2O2. The van der Waals surface area contributed by atoms with Crippen molar-refractivity contribution in [2.75, 3.05) is 6.54 Å². The molecule has 1 aromatic rings. The van der Waals surface area contributed by atoms with Gasteiger partial charge in [-0.2, -0.15) is 0 Å². The Labute approximate surface area is 142 Å². The Kier molecular flexibility index (Phi) is 5.80. The fourth-order valence-electron chi connectivity index (χ4n) is 2.90. The van der Waals surface area contributed by atoms with Gasteiger partial charge in [-0.1, -0.05) is 6.07 Å². The average Bonchev–Trinajstić information content (AvgIpc) is 2.44. The summed E-state index contributed by atoms with van der Waals surface area (Å²) in [4.78, 5) is 13.9. The second-order valence-electron chi connectivity index (χ2n) is 7.33. The van der Waals surface area contributed by atoms with E-state index >= 15 is 0 Å². The van der Waals surface area contributed by atoms with Crippen LogP contribution < -0.4 is 5.32 Å². The van der Waals surface area contributed by atoms with Gasteiger partial charge < -0.3 is 15.0 Å². The normalized spacial score (nSPS) is 21.7. The summed E-state index contributed by atoms with van der Waals surface area (Å²) in [5.41, 5.74) is -0.464. The van der Waals surface area contributed by atoms with Crippen molar-refractivity contribution in [3.8, 4) is 0 Å². The summed E-state index contributed by atoms with van der Waals surface area (Å²) in [6.45, 7) is 8.18. The maximum Gasteiger partial charge on any atom is 0.410 e. The molecule has 2 rings (SSSR count). The van der Waals surface area contributed by atoms with Gasteiger partial charge in [-0.25, -0.2) is 13.6 Å². The molecule has 6 heteroatoms. The van der Waals surface area contributed by atoms with E-state index in [1.807, 2.05) is 27.7 Å². The van der Waals surface area contributed by atoms with E-state index in [1.54, 1.807) is 4.90 Å². The minimum Gasteiger partial charge on any atom is -0.444 e. The minimum atomic E-state index is -0.540. The Morgan fingerprint density at radius 3 is 2.50 bits per heavy atom. The number of carbonyl (C=O) groups excluding carboxylic acids is 1. The number of piperidine rings is 1. The molecule has 2 unspecified atom stereocenters. The fraction of sp³-hybridized carbons (Fsp3) is 0.611. The summed E-state index contributed by atoms with van der Waals surface area (Å²) in [6, 6.07) is 3.99. The molecule has 1 aliphatic heterocycles. The number of benzene rings is 1. The maximum atomic E-state index is 13.7. The summed E-state index contributed by atoms with van der Waals surface area (Å²) in [5, 5.41) is 3.20. The maximum absolute atomic E-state index is 13.7. The van der Waals surface area contributed by atoms with Crippen LogP contribution in [0.5, 0.6) is 0 Å². The van der Waals surface area contributed by atoms with Crippen LogP contribution >= 0.6 is 0 Å². The molecule has 134 valence electrons. The molecule has 0 aliphatic carbocycles. The smallest absolute Gasteiger partial charge is 0.410 e. The predicted octanol–water partition coefficient (Wildman–Crippen LogP) is 3.84. The highest BCUT2D eigenvalue weighted by Crippen LogP contribution is 2.21. The molecule has 24 heavy (non-hydrogen) atoms. The van der Waals surface area contributed by atoms with Crippen molar-refractivity contribution in [2.45, 2.75) is 64.8 Å². The van der Waals surface area contributed by atoms with Gasteiger partial charge in [0.2, 0.25) is 0 Å². The first-order chi connectivity index (χ1) is 11.2. The third-order valence-corrected chi connectivity index (χ3v) is 4.13. The van der Waals surface area contributed by atoms with Crippen molar-refractivity contribution in [3.05, 3.63) is 35.4 Å². The van der Waals surface area contributed by atoms with E-state index in [0.717, 1.165) is 12.8 Å². The molecule has 0 bridgehead atoms. The van der Waals surface area contributed by atoms with E-state index in [0.29, 0.717) is 6.54 Å². The standard InChI is InChI=1S/C18H26F2N2O2/c1-12-10-13(8-9-22(12)17(23)24-18(2,3)4)21-11-14-15(19)6-5-7-16(14)20/h5-7,12-13,21H,8-11H2,1-4H3. The molecule has 1 aromatic carbocycles. The molecule has 2 atom stereocenters. The Morgan fingerprint density at radius 1 is 1.33 bits per heavy atom. The number of likely N-dealkylation sites (tertiary alicyclic amines) is 1. The highest BCUT2D eigenvalue weighted by atomic mass is 19.1. The second kappa shape index (κ2) is 7.47. The number of halogens is 2. The van der Waals surface area contributed by atoms with Gasteiger partial charge in [0.1, 0.15) is 17.2 Å². The first kappa shape index (κ1) is 18.6. The lowest BCUT2D eigenvalue weighted by Gasteiger charge is -2.38. The summed E-state index contributed by atoms with van der Waals surface area (Å²) < 4.78 is 32.7. The van der Waals surface area contributed by atoms with Crippen molar-refractivity contribution in [1.82, 2.24) is 10.2 Å². The third-order valence-electron chi connectivity index (χ3n) is 4.13. The third kappa shape index (κ3) is 4.90. The molecule has 1 saturated heterocycles. The van der Waals surface area contributed by atoms with Crippen molar-refractivity contribution in [2.24, 2.45) is 0 Å². The molecule has 0 radical (unpaired) electrons. The minimum absolute atomic E-state index is 0.0107. The molecule has 4 nitrogen and oxygen atoms in total. The molecule has 1 amide bonds. The molecular weight excluding hydrogens is 314 g/mol. The Morgan fingerprint density at radius 2 is 1.96 bits per heavy atom. The van der Waals surface area contributed by atoms with Crippen LogP contribution in [0.1, 0.15) is 46.1 Å². The van der Waals surface area contributed by atoms with Crippen LogP contribution in [0.3, 0.4) is 0 Å². The first-order valence-corrected chi connectivity index (χ1v) is 8.33. The lowest BCUT2D eigenvalue weighted by Crippen LogP contribution is -2.51. The van der Waals surface area contributed by atoms with Crippen LogP contribution in [-0.4, -0.2) is 35.2 Å². The summed E-state index contributed by atoms with van der Waals surface area (Å²) in [5.74, 6) is -1.08. The van der Waals surface area contributed by atoms with E-state index in [-0.39, 0.29) is 30.3 Å². The van der Waals surface area contributed by atoms with Crippen LogP contribution in [-0.2, 0) is 11.3 Å². The van der Waals surface area contributed by atoms with E-state index in [4.69, 9.17) is 4.74 Å². The Balaban J connectivity index is 1.88. The Bertz CT molecular complexity index is 567. The topological polar surface area (TPSA) is 41.6 Å². The first-order valence-electron chi connectivity index (χ1n) is 8.33. The Hall–Kier alpha value is -1.69. The SMILES string of the molecule is CC1CC(NCc2c(F)cccc2F)CCN1C(=O)OC(C)(C)C. The number of nitrogens with one attached hydrogen (secondary N) is 1. The van der Waals surface area contributed by atoms with Gasteiger partial charge in [-0.15, -0.1) is 0 Å². The highest BCUT2D eigenvalue weighted by Gasteiger charge is 2.31. The number of amides is 1. The molecule has 0 spiro atoms. The van der Waals surface area contributed by atoms with Crippen molar-refractivity contribution < 1.29 is 18.3 Å². The van der Waals surface area contributed by atoms with E-state index in [1.165, 1.54) is 18.2 Å². The van der Waals surface area contributed by atoms with Crippen LogP contribution in [0.2, 0.25) is 0 Å². The predicted molar refractivity (Wildman–Crippen MR) is 88.6 cm³/mol. The highest BCUT2D eigenvalue weighted by molar-refractivity contribution is 5.68. The average molecular weight is 340 g/mol. The second-order valence-corrected chi connectivity index (χ2v) is 7.33. The number of ether oxygens (including phenoxy) is 1. The lowest BCUT2D eigenvalue weighted by molar-refractivity contribution is 0.00931. The number of carbonyl (C=O) groups is 1. The largest absolute Gasteiger partial charge is 0.444 e. The number of hydrogen-bond acceptors (Lipinski definition) is 3. The van der Waals surface area contributed by atoms with Crippen molar-refractivity contribution >= 4 is 6.09 Å². The lowest BCUT2D eigenvalue weighted by atomic mass is 9.98. The molecule has 0 saturated carbocycles. The monoisotopic (exact) mass is 340 g/mol.